The molecule has 0 saturated heterocycles. The fraction of sp³-hybridized carbons (Fsp3) is 0.417. The van der Waals surface area contributed by atoms with Crippen molar-refractivity contribution in [2.75, 3.05) is 11.9 Å². The summed E-state index contributed by atoms with van der Waals surface area (Å²) in [5.41, 5.74) is 1.69. The third-order valence-electron chi connectivity index (χ3n) is 2.16. The highest BCUT2D eigenvalue weighted by Crippen LogP contribution is 2.26. The molecule has 0 N–H and O–H groups in total. The molecule has 88 valence electrons. The van der Waals surface area contributed by atoms with Crippen LogP contribution in [0.15, 0.2) is 18.2 Å². The van der Waals surface area contributed by atoms with Crippen LogP contribution in [0.5, 0.6) is 5.75 Å². The fourth-order valence-corrected chi connectivity index (χ4v) is 2.32. The highest BCUT2D eigenvalue weighted by Gasteiger charge is 2.15. The maximum absolute atomic E-state index is 12.0. The van der Waals surface area contributed by atoms with Crippen molar-refractivity contribution in [2.45, 2.75) is 18.7 Å². The lowest BCUT2D eigenvalue weighted by Crippen LogP contribution is -2.07. The first-order chi connectivity index (χ1) is 7.74. The predicted octanol–water partition coefficient (Wildman–Crippen LogP) is 3.95. The van der Waals surface area contributed by atoms with Crippen molar-refractivity contribution in [2.24, 2.45) is 0 Å². The van der Waals surface area contributed by atoms with Crippen LogP contribution in [0.25, 0.3) is 0 Å². The van der Waals surface area contributed by atoms with Gasteiger partial charge in [0.2, 0.25) is 0 Å². The van der Waals surface area contributed by atoms with E-state index < -0.39 is 0 Å². The number of halogens is 2. The Hall–Kier alpha value is -0.350. The summed E-state index contributed by atoms with van der Waals surface area (Å²) in [7, 11) is 0. The fourth-order valence-electron chi connectivity index (χ4n) is 1.49. The summed E-state index contributed by atoms with van der Waals surface area (Å²) in [4.78, 5) is 12.0. The minimum atomic E-state index is 0.121. The van der Waals surface area contributed by atoms with E-state index in [2.05, 4.69) is 31.9 Å². The van der Waals surface area contributed by atoms with Gasteiger partial charge in [0.05, 0.1) is 12.2 Å². The number of rotatable bonds is 6. The van der Waals surface area contributed by atoms with Gasteiger partial charge < -0.3 is 4.74 Å². The van der Waals surface area contributed by atoms with Crippen LogP contribution >= 0.6 is 31.9 Å². The third-order valence-corrected chi connectivity index (χ3v) is 3.16. The standard InChI is InChI=1S/C12H14Br2O2/c1-2-16-11-5-3-4-9(8-14)12(11)10(15)6-7-13/h3-5H,2,6-8H2,1H3. The maximum Gasteiger partial charge on any atom is 0.167 e. The van der Waals surface area contributed by atoms with Crippen molar-refractivity contribution in [1.82, 2.24) is 0 Å². The van der Waals surface area contributed by atoms with E-state index in [4.69, 9.17) is 4.74 Å². The number of alkyl halides is 2. The van der Waals surface area contributed by atoms with Gasteiger partial charge in [0.1, 0.15) is 5.75 Å². The molecule has 0 amide bonds. The predicted molar refractivity (Wildman–Crippen MR) is 73.0 cm³/mol. The van der Waals surface area contributed by atoms with Crippen molar-refractivity contribution in [3.63, 3.8) is 0 Å². The Morgan fingerprint density at radius 3 is 2.69 bits per heavy atom. The number of carbonyl (C=O) groups is 1. The molecule has 0 atom stereocenters. The lowest BCUT2D eigenvalue weighted by molar-refractivity contribution is 0.0985. The molecule has 0 spiro atoms. The van der Waals surface area contributed by atoms with Gasteiger partial charge in [-0.15, -0.1) is 0 Å². The second kappa shape index (κ2) is 7.07. The van der Waals surface area contributed by atoms with Gasteiger partial charge in [-0.25, -0.2) is 0 Å². The summed E-state index contributed by atoms with van der Waals surface area (Å²) in [6.07, 6.45) is 0.490. The minimum absolute atomic E-state index is 0.121. The maximum atomic E-state index is 12.0. The van der Waals surface area contributed by atoms with E-state index in [1.807, 2.05) is 25.1 Å². The number of hydrogen-bond acceptors (Lipinski definition) is 2. The van der Waals surface area contributed by atoms with Gasteiger partial charge in [0.25, 0.3) is 0 Å². The molecule has 0 aliphatic carbocycles. The van der Waals surface area contributed by atoms with Crippen molar-refractivity contribution in [3.8, 4) is 5.75 Å². The van der Waals surface area contributed by atoms with Gasteiger partial charge in [0, 0.05) is 17.1 Å². The molecule has 0 fully saturated rings. The van der Waals surface area contributed by atoms with Crippen LogP contribution in [0.3, 0.4) is 0 Å². The van der Waals surface area contributed by atoms with E-state index >= 15 is 0 Å². The van der Waals surface area contributed by atoms with Gasteiger partial charge in [-0.1, -0.05) is 44.0 Å². The second-order valence-corrected chi connectivity index (χ2v) is 4.57. The summed E-state index contributed by atoms with van der Waals surface area (Å²) in [6.45, 7) is 2.49. The Bertz CT molecular complexity index is 364. The van der Waals surface area contributed by atoms with Crippen molar-refractivity contribution in [3.05, 3.63) is 29.3 Å². The zero-order chi connectivity index (χ0) is 12.0. The molecule has 0 unspecified atom stereocenters. The first-order valence-corrected chi connectivity index (χ1v) is 7.38. The Balaban J connectivity index is 3.13. The first kappa shape index (κ1) is 13.7. The lowest BCUT2D eigenvalue weighted by atomic mass is 10.0. The first-order valence-electron chi connectivity index (χ1n) is 5.14. The van der Waals surface area contributed by atoms with E-state index in [1.54, 1.807) is 0 Å². The van der Waals surface area contributed by atoms with Crippen LogP contribution in [0.1, 0.15) is 29.3 Å². The van der Waals surface area contributed by atoms with Gasteiger partial charge in [0.15, 0.2) is 5.78 Å². The molecule has 1 rings (SSSR count). The smallest absolute Gasteiger partial charge is 0.167 e. The van der Waals surface area contributed by atoms with E-state index in [0.717, 1.165) is 5.56 Å². The Labute approximate surface area is 113 Å². The third kappa shape index (κ3) is 3.32. The molecule has 0 aliphatic rings. The van der Waals surface area contributed by atoms with Crippen LogP contribution in [0.2, 0.25) is 0 Å². The molecule has 0 radical (unpaired) electrons. The number of hydrogen-bond donors (Lipinski definition) is 0. The second-order valence-electron chi connectivity index (χ2n) is 3.22. The lowest BCUT2D eigenvalue weighted by Gasteiger charge is -2.12. The highest BCUT2D eigenvalue weighted by molar-refractivity contribution is 9.09. The Morgan fingerprint density at radius 1 is 1.38 bits per heavy atom. The molecular weight excluding hydrogens is 336 g/mol. The van der Waals surface area contributed by atoms with E-state index in [0.29, 0.717) is 35.0 Å². The summed E-state index contributed by atoms with van der Waals surface area (Å²) >= 11 is 6.68. The highest BCUT2D eigenvalue weighted by atomic mass is 79.9. The zero-order valence-electron chi connectivity index (χ0n) is 9.13. The average Bonchev–Trinajstić information content (AvgIpc) is 2.29. The Kier molecular flexibility index (Phi) is 6.06. The van der Waals surface area contributed by atoms with Crippen molar-refractivity contribution >= 4 is 37.6 Å². The minimum Gasteiger partial charge on any atom is -0.493 e. The topological polar surface area (TPSA) is 26.3 Å². The molecule has 0 heterocycles. The van der Waals surface area contributed by atoms with Gasteiger partial charge in [-0.2, -0.15) is 0 Å². The SMILES string of the molecule is CCOc1cccc(CBr)c1C(=O)CCBr. The number of Topliss-reactive ketones (excluding diaryl/α,β-unsaturated/α-hetero) is 1. The normalized spacial score (nSPS) is 10.2. The summed E-state index contributed by atoms with van der Waals surface area (Å²) < 4.78 is 5.49. The molecule has 0 bridgehead atoms. The van der Waals surface area contributed by atoms with E-state index in [-0.39, 0.29) is 5.78 Å². The number of carbonyl (C=O) groups excluding carboxylic acids is 1. The van der Waals surface area contributed by atoms with Crippen molar-refractivity contribution in [1.29, 1.82) is 0 Å². The van der Waals surface area contributed by atoms with Gasteiger partial charge >= 0.3 is 0 Å². The molecule has 0 aliphatic heterocycles. The summed E-state index contributed by atoms with van der Waals surface area (Å²) in [6, 6.07) is 5.70. The summed E-state index contributed by atoms with van der Waals surface area (Å²) in [5.74, 6) is 0.806. The average molecular weight is 350 g/mol. The van der Waals surface area contributed by atoms with Crippen LogP contribution < -0.4 is 4.74 Å². The number of ether oxygens (including phenoxy) is 1. The quantitative estimate of drug-likeness (QED) is 0.574. The molecule has 1 aromatic rings. The zero-order valence-corrected chi connectivity index (χ0v) is 12.3. The molecule has 2 nitrogen and oxygen atoms in total. The van der Waals surface area contributed by atoms with Crippen LogP contribution in [0.4, 0.5) is 0 Å². The van der Waals surface area contributed by atoms with Crippen LogP contribution in [0, 0.1) is 0 Å². The monoisotopic (exact) mass is 348 g/mol. The van der Waals surface area contributed by atoms with E-state index in [1.165, 1.54) is 0 Å². The largest absolute Gasteiger partial charge is 0.493 e. The molecular formula is C12H14Br2O2. The van der Waals surface area contributed by atoms with Gasteiger partial charge in [-0.3, -0.25) is 4.79 Å². The molecule has 0 aromatic heterocycles. The van der Waals surface area contributed by atoms with Crippen molar-refractivity contribution < 1.29 is 9.53 Å². The molecule has 4 heteroatoms. The Morgan fingerprint density at radius 2 is 2.12 bits per heavy atom. The van der Waals surface area contributed by atoms with Crippen LogP contribution in [-0.2, 0) is 5.33 Å². The number of benzene rings is 1. The molecule has 16 heavy (non-hydrogen) atoms. The summed E-state index contributed by atoms with van der Waals surface area (Å²) in [5, 5.41) is 1.34. The van der Waals surface area contributed by atoms with Gasteiger partial charge in [-0.05, 0) is 18.6 Å². The number of ketones is 1. The molecule has 1 aromatic carbocycles. The van der Waals surface area contributed by atoms with Crippen LogP contribution in [-0.4, -0.2) is 17.7 Å². The van der Waals surface area contributed by atoms with E-state index in [9.17, 15) is 4.79 Å². The molecule has 0 saturated carbocycles.